The van der Waals surface area contributed by atoms with Crippen molar-refractivity contribution in [2.45, 2.75) is 38.7 Å². The minimum absolute atomic E-state index is 0.0594. The molecule has 3 rings (SSSR count). The number of carbonyl (C=O) groups is 1. The molecule has 2 heterocycles. The van der Waals surface area contributed by atoms with Crippen molar-refractivity contribution in [3.63, 3.8) is 0 Å². The number of carbonyl (C=O) groups excluding carboxylic acids is 1. The van der Waals surface area contributed by atoms with Gasteiger partial charge in [0.25, 0.3) is 5.91 Å². The van der Waals surface area contributed by atoms with E-state index in [1.165, 1.54) is 0 Å². The molecule has 1 aromatic carbocycles. The van der Waals surface area contributed by atoms with E-state index in [1.807, 2.05) is 12.1 Å². The molecule has 0 N–H and O–H groups in total. The molecule has 2 aromatic rings. The lowest BCUT2D eigenvalue weighted by Gasteiger charge is -2.32. The Labute approximate surface area is 145 Å². The molecule has 0 radical (unpaired) electrons. The van der Waals surface area contributed by atoms with Gasteiger partial charge in [-0.1, -0.05) is 28.9 Å². The molecule has 0 saturated carbocycles. The van der Waals surface area contributed by atoms with Crippen LogP contribution >= 0.6 is 11.6 Å². The van der Waals surface area contributed by atoms with Gasteiger partial charge in [-0.25, -0.2) is 0 Å². The molecule has 24 heavy (non-hydrogen) atoms. The number of rotatable bonds is 4. The topological polar surface area (TPSA) is 68.5 Å². The number of piperidine rings is 1. The molecule has 128 valence electrons. The fourth-order valence-electron chi connectivity index (χ4n) is 2.90. The average Bonchev–Trinajstić information content (AvgIpc) is 3.03. The number of ether oxygens (including phenoxy) is 1. The molecule has 0 spiro atoms. The third kappa shape index (κ3) is 3.70. The van der Waals surface area contributed by atoms with Crippen LogP contribution in [0.4, 0.5) is 0 Å². The standard InChI is InChI=1S/C17H20ClN3O3/c1-11(23-15-8-4-3-7-14(15)18)17(22)21-9-5-6-13(10-21)16-19-12(2)20-24-16/h3-4,7-8,11,13H,5-6,9-10H2,1-2H3. The summed E-state index contributed by atoms with van der Waals surface area (Å²) in [6, 6.07) is 7.14. The zero-order valence-corrected chi connectivity index (χ0v) is 14.5. The Hall–Kier alpha value is -2.08. The van der Waals surface area contributed by atoms with Crippen LogP contribution in [-0.4, -0.2) is 40.1 Å². The Morgan fingerprint density at radius 1 is 1.46 bits per heavy atom. The highest BCUT2D eigenvalue weighted by molar-refractivity contribution is 6.32. The Morgan fingerprint density at radius 2 is 2.25 bits per heavy atom. The van der Waals surface area contributed by atoms with E-state index >= 15 is 0 Å². The van der Waals surface area contributed by atoms with E-state index in [0.29, 0.717) is 35.6 Å². The highest BCUT2D eigenvalue weighted by Gasteiger charge is 2.31. The number of nitrogens with zero attached hydrogens (tertiary/aromatic N) is 3. The van der Waals surface area contributed by atoms with E-state index in [0.717, 1.165) is 12.8 Å². The van der Waals surface area contributed by atoms with Crippen molar-refractivity contribution in [3.8, 4) is 5.75 Å². The summed E-state index contributed by atoms with van der Waals surface area (Å²) in [6.07, 6.45) is 1.23. The van der Waals surface area contributed by atoms with Gasteiger partial charge in [0.2, 0.25) is 5.89 Å². The van der Waals surface area contributed by atoms with Gasteiger partial charge in [-0.05, 0) is 38.8 Å². The Morgan fingerprint density at radius 3 is 2.96 bits per heavy atom. The highest BCUT2D eigenvalue weighted by atomic mass is 35.5. The maximum absolute atomic E-state index is 12.7. The summed E-state index contributed by atoms with van der Waals surface area (Å²) in [5.74, 6) is 1.75. The summed E-state index contributed by atoms with van der Waals surface area (Å²) in [5, 5.41) is 4.33. The Kier molecular flexibility index (Phi) is 5.04. The molecule has 2 unspecified atom stereocenters. The first kappa shape index (κ1) is 16.8. The summed E-state index contributed by atoms with van der Waals surface area (Å²) in [6.45, 7) is 4.81. The normalized spacial score (nSPS) is 19.1. The average molecular weight is 350 g/mol. The monoisotopic (exact) mass is 349 g/mol. The van der Waals surface area contributed by atoms with Crippen LogP contribution in [0.5, 0.6) is 5.75 Å². The van der Waals surface area contributed by atoms with E-state index in [1.54, 1.807) is 30.9 Å². The van der Waals surface area contributed by atoms with Crippen LogP contribution in [0.25, 0.3) is 0 Å². The number of benzene rings is 1. The predicted octanol–water partition coefficient (Wildman–Crippen LogP) is 3.20. The second-order valence-electron chi connectivity index (χ2n) is 5.99. The number of amides is 1. The van der Waals surface area contributed by atoms with Crippen molar-refractivity contribution in [2.75, 3.05) is 13.1 Å². The second kappa shape index (κ2) is 7.21. The lowest BCUT2D eigenvalue weighted by Crippen LogP contribution is -2.45. The molecule has 6 nitrogen and oxygen atoms in total. The zero-order valence-electron chi connectivity index (χ0n) is 13.7. The first-order valence-electron chi connectivity index (χ1n) is 8.05. The quantitative estimate of drug-likeness (QED) is 0.847. The van der Waals surface area contributed by atoms with Gasteiger partial charge >= 0.3 is 0 Å². The number of likely N-dealkylation sites (tertiary alicyclic amines) is 1. The second-order valence-corrected chi connectivity index (χ2v) is 6.40. The van der Waals surface area contributed by atoms with Crippen LogP contribution < -0.4 is 4.74 Å². The van der Waals surface area contributed by atoms with Crippen LogP contribution in [0.1, 0.15) is 37.4 Å². The number of halogens is 1. The molecule has 2 atom stereocenters. The molecule has 1 aromatic heterocycles. The van der Waals surface area contributed by atoms with Crippen molar-refractivity contribution in [3.05, 3.63) is 41.0 Å². The fraction of sp³-hybridized carbons (Fsp3) is 0.471. The molecule has 7 heteroatoms. The summed E-state index contributed by atoms with van der Waals surface area (Å²) < 4.78 is 11.0. The fourth-order valence-corrected chi connectivity index (χ4v) is 3.08. The van der Waals surface area contributed by atoms with Gasteiger partial charge in [-0.15, -0.1) is 0 Å². The summed E-state index contributed by atoms with van der Waals surface area (Å²) in [4.78, 5) is 18.8. The summed E-state index contributed by atoms with van der Waals surface area (Å²) >= 11 is 6.09. The van der Waals surface area contributed by atoms with Crippen LogP contribution in [0.2, 0.25) is 5.02 Å². The molecule has 1 amide bonds. The van der Waals surface area contributed by atoms with Gasteiger partial charge in [0.05, 0.1) is 10.9 Å². The maximum atomic E-state index is 12.7. The number of hydrogen-bond acceptors (Lipinski definition) is 5. The number of para-hydroxylation sites is 1. The van der Waals surface area contributed by atoms with Crippen LogP contribution in [-0.2, 0) is 4.79 Å². The molecule has 0 bridgehead atoms. The van der Waals surface area contributed by atoms with Crippen LogP contribution in [0.3, 0.4) is 0 Å². The largest absolute Gasteiger partial charge is 0.479 e. The smallest absolute Gasteiger partial charge is 0.263 e. The van der Waals surface area contributed by atoms with Crippen molar-refractivity contribution in [2.24, 2.45) is 0 Å². The minimum Gasteiger partial charge on any atom is -0.479 e. The van der Waals surface area contributed by atoms with Crippen molar-refractivity contribution >= 4 is 17.5 Å². The predicted molar refractivity (Wildman–Crippen MR) is 89.1 cm³/mol. The molecule has 0 aliphatic carbocycles. The van der Waals surface area contributed by atoms with E-state index in [4.69, 9.17) is 20.9 Å². The van der Waals surface area contributed by atoms with Crippen molar-refractivity contribution in [1.29, 1.82) is 0 Å². The van der Waals surface area contributed by atoms with Gasteiger partial charge in [-0.2, -0.15) is 4.98 Å². The number of aryl methyl sites for hydroxylation is 1. The van der Waals surface area contributed by atoms with Crippen LogP contribution in [0, 0.1) is 6.92 Å². The molecular formula is C17H20ClN3O3. The van der Waals surface area contributed by atoms with Crippen LogP contribution in [0.15, 0.2) is 28.8 Å². The SMILES string of the molecule is Cc1noc(C2CCCN(C(=O)C(C)Oc3ccccc3Cl)C2)n1. The zero-order chi connectivity index (χ0) is 17.1. The third-order valence-corrected chi connectivity index (χ3v) is 4.43. The molecular weight excluding hydrogens is 330 g/mol. The van der Waals surface area contributed by atoms with E-state index in [-0.39, 0.29) is 11.8 Å². The highest BCUT2D eigenvalue weighted by Crippen LogP contribution is 2.28. The lowest BCUT2D eigenvalue weighted by atomic mass is 9.97. The summed E-state index contributed by atoms with van der Waals surface area (Å²) in [7, 11) is 0. The Balaban J connectivity index is 1.64. The molecule has 1 aliphatic rings. The first-order valence-corrected chi connectivity index (χ1v) is 8.42. The third-order valence-electron chi connectivity index (χ3n) is 4.11. The van der Waals surface area contributed by atoms with Crippen molar-refractivity contribution < 1.29 is 14.1 Å². The molecule has 1 fully saturated rings. The Bertz CT molecular complexity index is 719. The van der Waals surface area contributed by atoms with E-state index in [9.17, 15) is 4.79 Å². The van der Waals surface area contributed by atoms with Gasteiger partial charge < -0.3 is 14.2 Å². The van der Waals surface area contributed by atoms with Gasteiger partial charge in [0.15, 0.2) is 11.9 Å². The minimum atomic E-state index is -0.604. The number of hydrogen-bond donors (Lipinski definition) is 0. The first-order chi connectivity index (χ1) is 11.5. The molecule has 1 aliphatic heterocycles. The molecule has 1 saturated heterocycles. The van der Waals surface area contributed by atoms with Gasteiger partial charge in [-0.3, -0.25) is 4.79 Å². The number of aromatic nitrogens is 2. The van der Waals surface area contributed by atoms with Gasteiger partial charge in [0, 0.05) is 13.1 Å². The van der Waals surface area contributed by atoms with E-state index < -0.39 is 6.10 Å². The van der Waals surface area contributed by atoms with E-state index in [2.05, 4.69) is 10.1 Å². The summed E-state index contributed by atoms with van der Waals surface area (Å²) in [5.41, 5.74) is 0. The van der Waals surface area contributed by atoms with Gasteiger partial charge in [0.1, 0.15) is 5.75 Å². The lowest BCUT2D eigenvalue weighted by molar-refractivity contribution is -0.139. The van der Waals surface area contributed by atoms with Crippen molar-refractivity contribution in [1.82, 2.24) is 15.0 Å². The maximum Gasteiger partial charge on any atom is 0.263 e.